The summed E-state index contributed by atoms with van der Waals surface area (Å²) in [6, 6.07) is 8.88. The van der Waals surface area contributed by atoms with Gasteiger partial charge in [0.1, 0.15) is 16.2 Å². The van der Waals surface area contributed by atoms with Gasteiger partial charge in [-0.3, -0.25) is 0 Å². The smallest absolute Gasteiger partial charge is 0.132 e. The number of hydrogen-bond donors (Lipinski definition) is 0. The molecule has 3 rings (SSSR count). The van der Waals surface area contributed by atoms with Gasteiger partial charge in [0.05, 0.1) is 11.8 Å². The van der Waals surface area contributed by atoms with Crippen molar-refractivity contribution in [2.24, 2.45) is 0 Å². The molecule has 2 aromatic rings. The fourth-order valence-corrected chi connectivity index (χ4v) is 2.81. The quantitative estimate of drug-likeness (QED) is 0.810. The van der Waals surface area contributed by atoms with Crippen LogP contribution in [0.15, 0.2) is 29.6 Å². The molecule has 0 radical (unpaired) electrons. The van der Waals surface area contributed by atoms with Gasteiger partial charge in [0.2, 0.25) is 0 Å². The summed E-state index contributed by atoms with van der Waals surface area (Å²) < 4.78 is 13.6. The first-order chi connectivity index (χ1) is 8.25. The van der Waals surface area contributed by atoms with E-state index in [4.69, 9.17) is 5.26 Å². The van der Waals surface area contributed by atoms with Crippen molar-refractivity contribution in [3.63, 3.8) is 0 Å². The highest BCUT2D eigenvalue weighted by atomic mass is 32.1. The second kappa shape index (κ2) is 3.64. The van der Waals surface area contributed by atoms with Crippen LogP contribution in [0.4, 0.5) is 4.39 Å². The van der Waals surface area contributed by atoms with Crippen molar-refractivity contribution in [3.05, 3.63) is 40.5 Å². The molecule has 4 heteroatoms. The van der Waals surface area contributed by atoms with Crippen molar-refractivity contribution >= 4 is 11.3 Å². The third-order valence-electron chi connectivity index (χ3n) is 3.03. The molecular formula is C13H9FN2S. The summed E-state index contributed by atoms with van der Waals surface area (Å²) in [4.78, 5) is 4.40. The summed E-state index contributed by atoms with van der Waals surface area (Å²) in [6.45, 7) is 0. The Morgan fingerprint density at radius 2 is 2.12 bits per heavy atom. The van der Waals surface area contributed by atoms with Crippen LogP contribution in [-0.4, -0.2) is 4.98 Å². The maximum absolute atomic E-state index is 13.6. The molecule has 2 nitrogen and oxygen atoms in total. The minimum absolute atomic E-state index is 0.272. The van der Waals surface area contributed by atoms with Crippen LogP contribution in [0.1, 0.15) is 17.8 Å². The minimum atomic E-state index is -0.381. The zero-order valence-corrected chi connectivity index (χ0v) is 9.80. The molecule has 1 aliphatic carbocycles. The maximum Gasteiger partial charge on any atom is 0.132 e. The average Bonchev–Trinajstić information content (AvgIpc) is 3.00. The van der Waals surface area contributed by atoms with Gasteiger partial charge in [-0.25, -0.2) is 9.37 Å². The number of thiazole rings is 1. The predicted molar refractivity (Wildman–Crippen MR) is 64.0 cm³/mol. The zero-order valence-electron chi connectivity index (χ0n) is 8.98. The molecule has 0 spiro atoms. The Hall–Kier alpha value is -1.73. The Morgan fingerprint density at radius 3 is 2.76 bits per heavy atom. The van der Waals surface area contributed by atoms with E-state index in [-0.39, 0.29) is 11.2 Å². The lowest BCUT2D eigenvalue weighted by Crippen LogP contribution is -2.01. The number of hydrogen-bond acceptors (Lipinski definition) is 3. The molecule has 84 valence electrons. The SMILES string of the molecule is N#CC1(c2nc(-c3ccccc3F)cs2)CC1. The lowest BCUT2D eigenvalue weighted by atomic mass is 10.1. The van der Waals surface area contributed by atoms with Crippen LogP contribution in [0.3, 0.4) is 0 Å². The van der Waals surface area contributed by atoms with Crippen LogP contribution in [0.5, 0.6) is 0 Å². The van der Waals surface area contributed by atoms with Crippen LogP contribution in [0, 0.1) is 17.1 Å². The minimum Gasteiger partial charge on any atom is -0.239 e. The standard InChI is InChI=1S/C13H9FN2S/c14-10-4-2-1-3-9(10)11-7-17-12(16-11)13(8-15)5-6-13/h1-4,7H,5-6H2. The lowest BCUT2D eigenvalue weighted by Gasteiger charge is -1.99. The van der Waals surface area contributed by atoms with Gasteiger partial charge in [-0.15, -0.1) is 11.3 Å². The molecular weight excluding hydrogens is 235 g/mol. The number of halogens is 1. The highest BCUT2D eigenvalue weighted by Gasteiger charge is 2.47. The number of nitrogens with zero attached hydrogens (tertiary/aromatic N) is 2. The molecule has 0 N–H and O–H groups in total. The third-order valence-corrected chi connectivity index (χ3v) is 4.07. The van der Waals surface area contributed by atoms with Crippen LogP contribution >= 0.6 is 11.3 Å². The first-order valence-electron chi connectivity index (χ1n) is 5.37. The van der Waals surface area contributed by atoms with E-state index in [0.717, 1.165) is 17.8 Å². The second-order valence-corrected chi connectivity index (χ2v) is 5.07. The molecule has 17 heavy (non-hydrogen) atoms. The number of aromatic nitrogens is 1. The molecule has 0 amide bonds. The summed E-state index contributed by atoms with van der Waals surface area (Å²) in [5.41, 5.74) is 0.752. The summed E-state index contributed by atoms with van der Waals surface area (Å²) >= 11 is 1.45. The highest BCUT2D eigenvalue weighted by molar-refractivity contribution is 7.10. The topological polar surface area (TPSA) is 36.7 Å². The molecule has 0 atom stereocenters. The van der Waals surface area contributed by atoms with E-state index in [1.54, 1.807) is 18.2 Å². The molecule has 0 bridgehead atoms. The fourth-order valence-electron chi connectivity index (χ4n) is 1.78. The summed E-state index contributed by atoms with van der Waals surface area (Å²) in [7, 11) is 0. The number of benzene rings is 1. The highest BCUT2D eigenvalue weighted by Crippen LogP contribution is 2.49. The van der Waals surface area contributed by atoms with E-state index in [2.05, 4.69) is 11.1 Å². The predicted octanol–water partition coefficient (Wildman–Crippen LogP) is 3.50. The van der Waals surface area contributed by atoms with E-state index in [0.29, 0.717) is 11.3 Å². The Morgan fingerprint density at radius 1 is 1.35 bits per heavy atom. The number of rotatable bonds is 2. The van der Waals surface area contributed by atoms with Crippen molar-refractivity contribution in [1.82, 2.24) is 4.98 Å². The van der Waals surface area contributed by atoms with Crippen molar-refractivity contribution in [3.8, 4) is 17.3 Å². The van der Waals surface area contributed by atoms with E-state index in [9.17, 15) is 4.39 Å². The zero-order chi connectivity index (χ0) is 11.9. The van der Waals surface area contributed by atoms with Gasteiger partial charge in [-0.2, -0.15) is 5.26 Å². The van der Waals surface area contributed by atoms with Crippen LogP contribution in [0.2, 0.25) is 0 Å². The van der Waals surface area contributed by atoms with E-state index >= 15 is 0 Å². The molecule has 1 aromatic heterocycles. The monoisotopic (exact) mass is 244 g/mol. The first-order valence-corrected chi connectivity index (χ1v) is 6.25. The summed E-state index contributed by atoms with van der Waals surface area (Å²) in [6.07, 6.45) is 1.74. The molecule has 1 aromatic carbocycles. The van der Waals surface area contributed by atoms with Gasteiger partial charge in [-0.1, -0.05) is 12.1 Å². The molecule has 0 saturated heterocycles. The lowest BCUT2D eigenvalue weighted by molar-refractivity contribution is 0.630. The molecule has 1 heterocycles. The van der Waals surface area contributed by atoms with Crippen molar-refractivity contribution < 1.29 is 4.39 Å². The summed E-state index contributed by atoms with van der Waals surface area (Å²) in [5, 5.41) is 11.7. The Labute approximate surface area is 102 Å². The van der Waals surface area contributed by atoms with Crippen molar-refractivity contribution in [2.45, 2.75) is 18.3 Å². The van der Waals surface area contributed by atoms with Gasteiger partial charge >= 0.3 is 0 Å². The second-order valence-electron chi connectivity index (χ2n) is 4.21. The van der Waals surface area contributed by atoms with Crippen molar-refractivity contribution in [2.75, 3.05) is 0 Å². The largest absolute Gasteiger partial charge is 0.239 e. The maximum atomic E-state index is 13.6. The third kappa shape index (κ3) is 1.63. The van der Waals surface area contributed by atoms with Crippen LogP contribution in [-0.2, 0) is 5.41 Å². The van der Waals surface area contributed by atoms with E-state index < -0.39 is 0 Å². The Bertz CT molecular complexity index is 608. The van der Waals surface area contributed by atoms with Crippen LogP contribution < -0.4 is 0 Å². The van der Waals surface area contributed by atoms with Crippen molar-refractivity contribution in [1.29, 1.82) is 5.26 Å². The molecule has 1 aliphatic rings. The van der Waals surface area contributed by atoms with Gasteiger partial charge in [-0.05, 0) is 25.0 Å². The molecule has 1 fully saturated rings. The fraction of sp³-hybridized carbons (Fsp3) is 0.231. The van der Waals surface area contributed by atoms with Gasteiger partial charge in [0.15, 0.2) is 0 Å². The molecule has 0 aliphatic heterocycles. The first kappa shape index (κ1) is 10.4. The van der Waals surface area contributed by atoms with E-state index in [1.807, 2.05) is 5.38 Å². The van der Waals surface area contributed by atoms with Gasteiger partial charge in [0.25, 0.3) is 0 Å². The van der Waals surface area contributed by atoms with Gasteiger partial charge in [0, 0.05) is 10.9 Å². The Kier molecular flexibility index (Phi) is 2.23. The van der Waals surface area contributed by atoms with Crippen LogP contribution in [0.25, 0.3) is 11.3 Å². The summed E-state index contributed by atoms with van der Waals surface area (Å²) in [5.74, 6) is -0.272. The molecule has 1 saturated carbocycles. The van der Waals surface area contributed by atoms with E-state index in [1.165, 1.54) is 17.4 Å². The van der Waals surface area contributed by atoms with Gasteiger partial charge < -0.3 is 0 Å². The average molecular weight is 244 g/mol. The normalized spacial score (nSPS) is 16.5. The Balaban J connectivity index is 2.02. The number of nitriles is 1. The molecule has 0 unspecified atom stereocenters.